The molecule has 1 aromatic carbocycles. The predicted octanol–water partition coefficient (Wildman–Crippen LogP) is 1.47. The van der Waals surface area contributed by atoms with Gasteiger partial charge in [-0.3, -0.25) is 9.59 Å². The van der Waals surface area contributed by atoms with Crippen LogP contribution in [-0.2, 0) is 9.59 Å². The Labute approximate surface area is 125 Å². The first-order valence-corrected chi connectivity index (χ1v) is 7.75. The maximum absolute atomic E-state index is 12.4. The molecule has 0 bridgehead atoms. The molecule has 3 rings (SSSR count). The number of amides is 2. The summed E-state index contributed by atoms with van der Waals surface area (Å²) in [6.07, 6.45) is 0.396. The summed E-state index contributed by atoms with van der Waals surface area (Å²) in [7, 11) is 0. The highest BCUT2D eigenvalue weighted by Gasteiger charge is 2.34. The van der Waals surface area contributed by atoms with E-state index in [1.54, 1.807) is 41.8 Å². The van der Waals surface area contributed by atoms with Crippen molar-refractivity contribution in [3.63, 3.8) is 0 Å². The third-order valence-corrected chi connectivity index (χ3v) is 4.36. The Morgan fingerprint density at radius 1 is 1.48 bits per heavy atom. The Bertz CT molecular complexity index is 687. The van der Waals surface area contributed by atoms with E-state index in [2.05, 4.69) is 20.3 Å². The fraction of sp³-hybridized carbons (Fsp3) is 0.385. The lowest BCUT2D eigenvalue weighted by molar-refractivity contribution is -0.135. The minimum atomic E-state index is -0.447. The summed E-state index contributed by atoms with van der Waals surface area (Å²) in [5.74, 6) is 0.934. The van der Waals surface area contributed by atoms with Crippen molar-refractivity contribution >= 4 is 40.3 Å². The minimum Gasteiger partial charge on any atom is -0.322 e. The lowest BCUT2D eigenvalue weighted by Crippen LogP contribution is -2.44. The highest BCUT2D eigenvalue weighted by Crippen LogP contribution is 2.25. The molecule has 2 aromatic rings. The van der Waals surface area contributed by atoms with Crippen LogP contribution in [0.5, 0.6) is 0 Å². The number of carbonyl (C=O) groups is 2. The van der Waals surface area contributed by atoms with E-state index in [1.807, 2.05) is 0 Å². The second-order valence-electron chi connectivity index (χ2n) is 4.66. The summed E-state index contributed by atoms with van der Waals surface area (Å²) in [4.78, 5) is 25.9. The Kier molecular flexibility index (Phi) is 3.78. The van der Waals surface area contributed by atoms with Crippen molar-refractivity contribution < 1.29 is 14.2 Å². The molecule has 1 aliphatic heterocycles. The number of hydrogen-bond donors (Lipinski definition) is 1. The molecular formula is C13H14N4O3S. The van der Waals surface area contributed by atoms with Gasteiger partial charge in [-0.1, -0.05) is 13.0 Å². The van der Waals surface area contributed by atoms with Gasteiger partial charge in [-0.25, -0.2) is 4.63 Å². The van der Waals surface area contributed by atoms with E-state index in [0.717, 1.165) is 0 Å². The van der Waals surface area contributed by atoms with Gasteiger partial charge in [-0.05, 0) is 22.4 Å². The maximum Gasteiger partial charge on any atom is 0.248 e. The molecule has 0 spiro atoms. The van der Waals surface area contributed by atoms with Crippen molar-refractivity contribution in [1.29, 1.82) is 0 Å². The summed E-state index contributed by atoms with van der Waals surface area (Å²) in [6, 6.07) is 4.80. The van der Waals surface area contributed by atoms with Crippen LogP contribution in [0.3, 0.4) is 0 Å². The van der Waals surface area contributed by atoms with Crippen LogP contribution in [0.25, 0.3) is 11.0 Å². The van der Waals surface area contributed by atoms with E-state index in [4.69, 9.17) is 0 Å². The highest BCUT2D eigenvalue weighted by atomic mass is 32.2. The van der Waals surface area contributed by atoms with Crippen LogP contribution in [0.1, 0.15) is 13.3 Å². The van der Waals surface area contributed by atoms with E-state index >= 15 is 0 Å². The summed E-state index contributed by atoms with van der Waals surface area (Å²) in [6.45, 7) is 1.79. The maximum atomic E-state index is 12.4. The standard InChI is InChI=1S/C13H14N4O3S/c1-2-11(18)17-7-21-6-10(17)13(19)14-8-4-3-5-9-12(8)16-20-15-9/h3-5,10H,2,6-7H2,1H3,(H,14,19). The van der Waals surface area contributed by atoms with Gasteiger partial charge in [0.15, 0.2) is 5.52 Å². The second-order valence-corrected chi connectivity index (χ2v) is 5.66. The zero-order valence-corrected chi connectivity index (χ0v) is 12.2. The summed E-state index contributed by atoms with van der Waals surface area (Å²) in [5, 5.41) is 10.3. The molecule has 21 heavy (non-hydrogen) atoms. The zero-order valence-electron chi connectivity index (χ0n) is 11.4. The Hall–Kier alpha value is -2.09. The molecule has 2 amide bonds. The second kappa shape index (κ2) is 5.72. The number of hydrogen-bond acceptors (Lipinski definition) is 6. The molecule has 2 heterocycles. The zero-order chi connectivity index (χ0) is 14.8. The smallest absolute Gasteiger partial charge is 0.248 e. The summed E-state index contributed by atoms with van der Waals surface area (Å²) < 4.78 is 4.67. The topological polar surface area (TPSA) is 88.3 Å². The first-order chi connectivity index (χ1) is 10.2. The largest absolute Gasteiger partial charge is 0.322 e. The van der Waals surface area contributed by atoms with Gasteiger partial charge >= 0.3 is 0 Å². The summed E-state index contributed by atoms with van der Waals surface area (Å²) >= 11 is 1.58. The van der Waals surface area contributed by atoms with Crippen molar-refractivity contribution in [3.8, 4) is 0 Å². The van der Waals surface area contributed by atoms with Crippen LogP contribution in [0.15, 0.2) is 22.8 Å². The van der Waals surface area contributed by atoms with Crippen LogP contribution >= 0.6 is 11.8 Å². The third kappa shape index (κ3) is 2.58. The molecular weight excluding hydrogens is 292 g/mol. The van der Waals surface area contributed by atoms with Crippen LogP contribution in [-0.4, -0.2) is 44.7 Å². The SMILES string of the molecule is CCC(=O)N1CSCC1C(=O)Nc1cccc2nonc12. The van der Waals surface area contributed by atoms with Gasteiger partial charge in [0.05, 0.1) is 11.6 Å². The summed E-state index contributed by atoms with van der Waals surface area (Å²) in [5.41, 5.74) is 1.62. The van der Waals surface area contributed by atoms with Crippen molar-refractivity contribution in [2.45, 2.75) is 19.4 Å². The monoisotopic (exact) mass is 306 g/mol. The van der Waals surface area contributed by atoms with Crippen molar-refractivity contribution in [3.05, 3.63) is 18.2 Å². The first kappa shape index (κ1) is 13.9. The van der Waals surface area contributed by atoms with Crippen molar-refractivity contribution in [2.75, 3.05) is 16.9 Å². The third-order valence-electron chi connectivity index (χ3n) is 3.35. The number of benzene rings is 1. The fourth-order valence-corrected chi connectivity index (χ4v) is 3.41. The van der Waals surface area contributed by atoms with Crippen LogP contribution in [0, 0.1) is 0 Å². The van der Waals surface area contributed by atoms with Gasteiger partial charge in [-0.15, -0.1) is 11.8 Å². The quantitative estimate of drug-likeness (QED) is 0.924. The van der Waals surface area contributed by atoms with Crippen LogP contribution in [0.4, 0.5) is 5.69 Å². The Balaban J connectivity index is 1.80. The van der Waals surface area contributed by atoms with Crippen molar-refractivity contribution in [2.24, 2.45) is 0 Å². The van der Waals surface area contributed by atoms with Gasteiger partial charge in [-0.2, -0.15) is 0 Å². The molecule has 1 N–H and O–H groups in total. The van der Waals surface area contributed by atoms with E-state index in [9.17, 15) is 9.59 Å². The lowest BCUT2D eigenvalue weighted by Gasteiger charge is -2.22. The van der Waals surface area contributed by atoms with E-state index in [-0.39, 0.29) is 11.8 Å². The predicted molar refractivity (Wildman–Crippen MR) is 78.7 cm³/mol. The molecule has 0 aliphatic carbocycles. The van der Waals surface area contributed by atoms with Crippen LogP contribution in [0.2, 0.25) is 0 Å². The van der Waals surface area contributed by atoms with E-state index in [0.29, 0.717) is 34.8 Å². The normalized spacial score (nSPS) is 18.1. The highest BCUT2D eigenvalue weighted by molar-refractivity contribution is 7.99. The van der Waals surface area contributed by atoms with Gasteiger partial charge in [0.1, 0.15) is 11.6 Å². The molecule has 1 saturated heterocycles. The number of carbonyl (C=O) groups excluding carboxylic acids is 2. The molecule has 1 aromatic heterocycles. The molecule has 1 aliphatic rings. The number of nitrogens with zero attached hydrogens (tertiary/aromatic N) is 3. The molecule has 7 nitrogen and oxygen atoms in total. The number of aromatic nitrogens is 2. The molecule has 110 valence electrons. The Morgan fingerprint density at radius 3 is 3.14 bits per heavy atom. The van der Waals surface area contributed by atoms with Gasteiger partial charge in [0, 0.05) is 12.2 Å². The van der Waals surface area contributed by atoms with E-state index < -0.39 is 6.04 Å². The fourth-order valence-electron chi connectivity index (χ4n) is 2.23. The molecule has 0 saturated carbocycles. The number of rotatable bonds is 3. The lowest BCUT2D eigenvalue weighted by atomic mass is 10.2. The molecule has 8 heteroatoms. The molecule has 1 fully saturated rings. The minimum absolute atomic E-state index is 0.0125. The number of thioether (sulfide) groups is 1. The van der Waals surface area contributed by atoms with Crippen LogP contribution < -0.4 is 5.32 Å². The molecule has 1 unspecified atom stereocenters. The van der Waals surface area contributed by atoms with Gasteiger partial charge < -0.3 is 10.2 Å². The molecule has 1 atom stereocenters. The number of fused-ring (bicyclic) bond motifs is 1. The van der Waals surface area contributed by atoms with E-state index in [1.165, 1.54) is 0 Å². The average molecular weight is 306 g/mol. The molecule has 0 radical (unpaired) electrons. The Morgan fingerprint density at radius 2 is 2.33 bits per heavy atom. The van der Waals surface area contributed by atoms with Crippen molar-refractivity contribution in [1.82, 2.24) is 15.2 Å². The number of nitrogens with one attached hydrogen (secondary N) is 1. The van der Waals surface area contributed by atoms with Gasteiger partial charge in [0.25, 0.3) is 0 Å². The number of anilines is 1. The average Bonchev–Trinajstić information content (AvgIpc) is 3.15. The first-order valence-electron chi connectivity index (χ1n) is 6.60. The van der Waals surface area contributed by atoms with Gasteiger partial charge in [0.2, 0.25) is 11.8 Å².